The molecule has 59 heavy (non-hydrogen) atoms. The predicted octanol–water partition coefficient (Wildman–Crippen LogP) is 7.48. The smallest absolute Gasteiger partial charge is 0.378 e. The molecule has 4 N–H and O–H groups in total. The average Bonchev–Trinajstić information content (AvgIpc) is 3.72. The number of alkyl halides is 5. The van der Waals surface area contributed by atoms with Crippen molar-refractivity contribution in [3.63, 3.8) is 0 Å². The Labute approximate surface area is 333 Å². The number of aryl methyl sites for hydroxylation is 1. The fourth-order valence-corrected chi connectivity index (χ4v) is 7.38. The number of anilines is 1. The van der Waals surface area contributed by atoms with Crippen molar-refractivity contribution >= 4 is 28.7 Å². The summed E-state index contributed by atoms with van der Waals surface area (Å²) in [6.45, 7) is 4.17. The highest BCUT2D eigenvalue weighted by Gasteiger charge is 2.57. The molecule has 310 valence electrons. The number of nitrogens with zero attached hydrogens (tertiary/aromatic N) is 5. The van der Waals surface area contributed by atoms with Crippen molar-refractivity contribution in [2.24, 2.45) is 13.0 Å². The highest BCUT2D eigenvalue weighted by molar-refractivity contribution is 6.04. The first-order valence-corrected chi connectivity index (χ1v) is 18.7. The van der Waals surface area contributed by atoms with Crippen molar-refractivity contribution < 1.29 is 45.4 Å². The fourth-order valence-electron chi connectivity index (χ4n) is 7.38. The largest absolute Gasteiger partial charge is 0.435 e. The van der Waals surface area contributed by atoms with Gasteiger partial charge < -0.3 is 15.7 Å². The molecule has 18 heteroatoms. The highest BCUT2D eigenvalue weighted by Crippen LogP contribution is 2.55. The van der Waals surface area contributed by atoms with Crippen molar-refractivity contribution in [1.82, 2.24) is 35.2 Å². The molecule has 2 aliphatic rings. The van der Waals surface area contributed by atoms with Crippen LogP contribution >= 0.6 is 0 Å². The van der Waals surface area contributed by atoms with Gasteiger partial charge in [0.05, 0.1) is 17.3 Å². The lowest BCUT2D eigenvalue weighted by atomic mass is 9.93. The zero-order valence-corrected chi connectivity index (χ0v) is 32.4. The third-order valence-corrected chi connectivity index (χ3v) is 10.4. The molecule has 1 fully saturated rings. The standard InChI is InChI=1S/C41H39F7N8O3/c1-20-21(2)40(44,45)36-32(20)35(41(46,47)48)53-56(36)19-31(57)51-30(17-22-15-23(42)18-24(43)16-22)33-27(12-11-26(49-33)13-14-39(3,4)59)28-7-6-8-29-34(28)55(5)54-37(29)52-38(58)50-25-9-10-25/h6-8,11-12,15-16,18,20-21,25,30,59H,9-10,17,19H2,1-5H3,(H,51,57)(H2,50,52,54,58)/t20-,21+,30-/m0/s1. The van der Waals surface area contributed by atoms with Gasteiger partial charge in [-0.3, -0.25) is 19.5 Å². The van der Waals surface area contributed by atoms with Gasteiger partial charge in [-0.2, -0.15) is 32.1 Å². The molecule has 0 aliphatic heterocycles. The van der Waals surface area contributed by atoms with Crippen LogP contribution in [-0.2, 0) is 36.9 Å². The van der Waals surface area contributed by atoms with Crippen LogP contribution in [0.1, 0.15) is 86.4 Å². The van der Waals surface area contributed by atoms with Gasteiger partial charge in [0.1, 0.15) is 35.2 Å². The number of nitrogens with one attached hydrogen (secondary N) is 3. The molecule has 0 saturated heterocycles. The maximum absolute atomic E-state index is 15.6. The summed E-state index contributed by atoms with van der Waals surface area (Å²) in [6, 6.07) is 9.21. The van der Waals surface area contributed by atoms with Gasteiger partial charge in [0.2, 0.25) is 5.91 Å². The Bertz CT molecular complexity index is 2520. The number of aromatic nitrogens is 5. The second-order valence-electron chi connectivity index (χ2n) is 15.6. The zero-order chi connectivity index (χ0) is 42.8. The highest BCUT2D eigenvalue weighted by atomic mass is 19.4. The minimum absolute atomic E-state index is 0.0361. The molecule has 3 heterocycles. The third kappa shape index (κ3) is 8.47. The Hall–Kier alpha value is -5.96. The van der Waals surface area contributed by atoms with Crippen LogP contribution in [0.3, 0.4) is 0 Å². The number of amides is 3. The second-order valence-corrected chi connectivity index (χ2v) is 15.6. The van der Waals surface area contributed by atoms with Crippen molar-refractivity contribution in [2.45, 2.75) is 89.2 Å². The SMILES string of the molecule is C[C@@H]1c2c(C(F)(F)F)nn(CC(=O)N[C@@H](Cc3cc(F)cc(F)c3)c3nc(C#CC(C)(C)O)ccc3-c3cccc4c(NC(=O)NC5CC5)nn(C)c34)c2C(F)(F)[C@@H]1C. The Morgan fingerprint density at radius 2 is 1.71 bits per heavy atom. The number of para-hydroxylation sites is 1. The Morgan fingerprint density at radius 1 is 1.02 bits per heavy atom. The Kier molecular flexibility index (Phi) is 10.5. The number of urea groups is 1. The van der Waals surface area contributed by atoms with E-state index in [9.17, 15) is 36.6 Å². The van der Waals surface area contributed by atoms with Crippen LogP contribution in [0.5, 0.6) is 0 Å². The van der Waals surface area contributed by atoms with Crippen molar-refractivity contribution in [1.29, 1.82) is 0 Å². The van der Waals surface area contributed by atoms with Gasteiger partial charge in [-0.1, -0.05) is 31.9 Å². The summed E-state index contributed by atoms with van der Waals surface area (Å²) in [5.41, 5.74) is -3.23. The van der Waals surface area contributed by atoms with Gasteiger partial charge >= 0.3 is 12.2 Å². The molecule has 3 aromatic heterocycles. The molecular formula is C41H39F7N8O3. The number of rotatable bonds is 9. The van der Waals surface area contributed by atoms with E-state index in [1.54, 1.807) is 31.3 Å². The number of aliphatic hydroxyl groups is 1. The number of pyridine rings is 1. The maximum Gasteiger partial charge on any atom is 0.435 e. The Balaban J connectivity index is 1.36. The lowest BCUT2D eigenvalue weighted by molar-refractivity contribution is -0.143. The first-order chi connectivity index (χ1) is 27.6. The van der Waals surface area contributed by atoms with E-state index < -0.39 is 82.6 Å². The minimum atomic E-state index is -5.10. The molecule has 0 unspecified atom stereocenters. The van der Waals surface area contributed by atoms with Crippen molar-refractivity contribution in [3.05, 3.63) is 94.1 Å². The van der Waals surface area contributed by atoms with E-state index in [-0.39, 0.29) is 35.2 Å². The van der Waals surface area contributed by atoms with Gasteiger partial charge in [0, 0.05) is 47.2 Å². The van der Waals surface area contributed by atoms with E-state index in [2.05, 4.69) is 38.0 Å². The molecule has 5 aromatic rings. The van der Waals surface area contributed by atoms with Gasteiger partial charge in [-0.05, 0) is 80.8 Å². The molecule has 0 spiro atoms. The van der Waals surface area contributed by atoms with Crippen LogP contribution in [0.2, 0.25) is 0 Å². The summed E-state index contributed by atoms with van der Waals surface area (Å²) in [5.74, 6) is -3.82. The van der Waals surface area contributed by atoms with Gasteiger partial charge in [0.25, 0.3) is 5.92 Å². The molecule has 1 saturated carbocycles. The van der Waals surface area contributed by atoms with Crippen molar-refractivity contribution in [3.8, 4) is 23.0 Å². The molecule has 3 atom stereocenters. The van der Waals surface area contributed by atoms with E-state index in [0.717, 1.165) is 31.9 Å². The molecular weight excluding hydrogens is 785 g/mol. The van der Waals surface area contributed by atoms with E-state index in [0.29, 0.717) is 32.8 Å². The molecule has 0 bridgehead atoms. The first-order valence-electron chi connectivity index (χ1n) is 18.7. The van der Waals surface area contributed by atoms with Crippen molar-refractivity contribution in [2.75, 3.05) is 5.32 Å². The molecule has 0 radical (unpaired) electrons. The van der Waals surface area contributed by atoms with E-state index >= 15 is 8.78 Å². The van der Waals surface area contributed by atoms with E-state index in [4.69, 9.17) is 4.98 Å². The van der Waals surface area contributed by atoms with Gasteiger partial charge in [0.15, 0.2) is 11.5 Å². The lowest BCUT2D eigenvalue weighted by Gasteiger charge is -2.23. The summed E-state index contributed by atoms with van der Waals surface area (Å²) >= 11 is 0. The number of hydrogen-bond acceptors (Lipinski definition) is 6. The number of carbonyl (C=O) groups excluding carboxylic acids is 2. The molecule has 2 aliphatic carbocycles. The van der Waals surface area contributed by atoms with Crippen LogP contribution in [0.4, 0.5) is 41.3 Å². The van der Waals surface area contributed by atoms with Gasteiger partial charge in [-0.15, -0.1) is 0 Å². The van der Waals surface area contributed by atoms with Crippen LogP contribution in [-0.4, -0.2) is 53.2 Å². The van der Waals surface area contributed by atoms with Crippen LogP contribution in [0.25, 0.3) is 22.0 Å². The minimum Gasteiger partial charge on any atom is -0.378 e. The zero-order valence-electron chi connectivity index (χ0n) is 32.4. The molecule has 7 rings (SSSR count). The van der Waals surface area contributed by atoms with Crippen LogP contribution in [0.15, 0.2) is 48.5 Å². The summed E-state index contributed by atoms with van der Waals surface area (Å²) in [5, 5.41) is 27.1. The monoisotopic (exact) mass is 824 g/mol. The van der Waals surface area contributed by atoms with Crippen LogP contribution in [0, 0.1) is 29.4 Å². The lowest BCUT2D eigenvalue weighted by Crippen LogP contribution is -2.35. The number of halogens is 7. The quantitative estimate of drug-likeness (QED) is 0.0899. The van der Waals surface area contributed by atoms with E-state index in [1.807, 2.05) is 0 Å². The number of benzene rings is 2. The summed E-state index contributed by atoms with van der Waals surface area (Å²) in [4.78, 5) is 31.4. The molecule has 2 aromatic carbocycles. The summed E-state index contributed by atoms with van der Waals surface area (Å²) in [6.07, 6.45) is -3.74. The van der Waals surface area contributed by atoms with Gasteiger partial charge in [-0.25, -0.2) is 18.6 Å². The average molecular weight is 825 g/mol. The predicted molar refractivity (Wildman–Crippen MR) is 202 cm³/mol. The molecule has 3 amide bonds. The topological polar surface area (TPSA) is 139 Å². The second kappa shape index (κ2) is 15.0. The normalized spacial score (nSPS) is 17.9. The molecule has 11 nitrogen and oxygen atoms in total. The fraction of sp³-hybridized carbons (Fsp3) is 0.390. The number of hydrogen-bond donors (Lipinski definition) is 4. The van der Waals surface area contributed by atoms with E-state index in [1.165, 1.54) is 31.5 Å². The summed E-state index contributed by atoms with van der Waals surface area (Å²) in [7, 11) is 1.64. The Morgan fingerprint density at radius 3 is 2.36 bits per heavy atom. The maximum atomic E-state index is 15.6. The summed E-state index contributed by atoms with van der Waals surface area (Å²) < 4.78 is 105. The number of carbonyl (C=O) groups is 2. The first kappa shape index (κ1) is 41.2. The third-order valence-electron chi connectivity index (χ3n) is 10.4. The van der Waals surface area contributed by atoms with Crippen LogP contribution < -0.4 is 16.0 Å². The number of fused-ring (bicyclic) bond motifs is 2.